The molecule has 0 amide bonds. The highest BCUT2D eigenvalue weighted by molar-refractivity contribution is 6.13. The zero-order chi connectivity index (χ0) is 23.0. The molecule has 3 fully saturated rings. The van der Waals surface area contributed by atoms with Crippen LogP contribution in [-0.2, 0) is 15.0 Å². The molecule has 6 rings (SSSR count). The van der Waals surface area contributed by atoms with Gasteiger partial charge < -0.3 is 4.74 Å². The number of rotatable bonds is 4. The molecule has 0 radical (unpaired) electrons. The predicted octanol–water partition coefficient (Wildman–Crippen LogP) is 5.58. The number of benzene rings is 3. The summed E-state index contributed by atoms with van der Waals surface area (Å²) in [5.74, 6) is 0.768. The van der Waals surface area contributed by atoms with Crippen molar-refractivity contribution in [3.05, 3.63) is 102 Å². The highest BCUT2D eigenvalue weighted by Gasteiger charge is 2.87. The van der Waals surface area contributed by atoms with Gasteiger partial charge in [-0.05, 0) is 41.2 Å². The van der Waals surface area contributed by atoms with Crippen LogP contribution >= 0.6 is 0 Å². The molecular weight excluding hydrogens is 408 g/mol. The summed E-state index contributed by atoms with van der Waals surface area (Å²) in [6.45, 7) is 4.07. The van der Waals surface area contributed by atoms with Gasteiger partial charge in [-0.25, -0.2) is 0 Å². The van der Waals surface area contributed by atoms with Crippen molar-refractivity contribution in [1.82, 2.24) is 0 Å². The lowest BCUT2D eigenvalue weighted by Crippen LogP contribution is -2.59. The molecule has 0 spiro atoms. The molecule has 0 heterocycles. The smallest absolute Gasteiger partial charge is 0.145 e. The van der Waals surface area contributed by atoms with Gasteiger partial charge >= 0.3 is 0 Å². The van der Waals surface area contributed by atoms with Gasteiger partial charge in [0.1, 0.15) is 17.3 Å². The van der Waals surface area contributed by atoms with Gasteiger partial charge in [0.2, 0.25) is 0 Å². The number of Topliss-reactive ketones (excluding diaryl/α,β-unsaturated/α-hetero) is 2. The summed E-state index contributed by atoms with van der Waals surface area (Å²) in [5, 5.41) is 0. The minimum atomic E-state index is -0.734. The SMILES string of the molecule is COc1ccc([C@@H]2C[C@]3(C)C(=O)[C@H]4C(c5ccccc5)(c5ccccc5)[C@@]4(C)C(=O)[C@H]23)cc1. The highest BCUT2D eigenvalue weighted by atomic mass is 16.5. The number of hydrogen-bond donors (Lipinski definition) is 0. The second kappa shape index (κ2) is 6.66. The van der Waals surface area contributed by atoms with Gasteiger partial charge in [0.15, 0.2) is 0 Å². The quantitative estimate of drug-likeness (QED) is 0.536. The molecule has 3 aromatic carbocycles. The molecule has 0 unspecified atom stereocenters. The van der Waals surface area contributed by atoms with Gasteiger partial charge in [-0.2, -0.15) is 0 Å². The lowest BCUT2D eigenvalue weighted by molar-refractivity contribution is -0.161. The Hall–Kier alpha value is -3.20. The van der Waals surface area contributed by atoms with Crippen LogP contribution < -0.4 is 4.74 Å². The molecule has 3 aromatic rings. The Morgan fingerprint density at radius 3 is 1.82 bits per heavy atom. The zero-order valence-corrected chi connectivity index (χ0v) is 19.2. The molecule has 5 atom stereocenters. The summed E-state index contributed by atoms with van der Waals surface area (Å²) < 4.78 is 5.31. The number of ketones is 2. The maximum absolute atomic E-state index is 14.4. The van der Waals surface area contributed by atoms with Gasteiger partial charge in [0.25, 0.3) is 0 Å². The van der Waals surface area contributed by atoms with E-state index in [4.69, 9.17) is 4.74 Å². The average Bonchev–Trinajstić information content (AvgIpc) is 3.44. The van der Waals surface area contributed by atoms with Gasteiger partial charge in [0, 0.05) is 22.7 Å². The van der Waals surface area contributed by atoms with E-state index in [1.165, 1.54) is 0 Å². The number of methoxy groups -OCH3 is 1. The van der Waals surface area contributed by atoms with Crippen LogP contribution in [0.1, 0.15) is 42.9 Å². The summed E-state index contributed by atoms with van der Waals surface area (Å²) >= 11 is 0. The molecule has 3 aliphatic rings. The standard InChI is InChI=1S/C30H28O3/c1-28-18-23(19-14-16-22(33-3)17-15-19)24(28)26(31)29(2)25(27(28)32)30(29,20-10-6-4-7-11-20)21-12-8-5-9-13-21/h4-17,23-25H,18H2,1-3H3/t23-,24-,25+,28-,29+/m0/s1. The molecule has 3 saturated carbocycles. The molecule has 0 aliphatic heterocycles. The van der Waals surface area contributed by atoms with Crippen molar-refractivity contribution in [3.8, 4) is 5.75 Å². The fraction of sp³-hybridized carbons (Fsp3) is 0.333. The van der Waals surface area contributed by atoms with Crippen molar-refractivity contribution in [2.75, 3.05) is 7.11 Å². The summed E-state index contributed by atoms with van der Waals surface area (Å²) in [5.41, 5.74) is 1.31. The van der Waals surface area contributed by atoms with E-state index in [1.54, 1.807) is 7.11 Å². The van der Waals surface area contributed by atoms with Crippen molar-refractivity contribution >= 4 is 11.6 Å². The number of carbonyl (C=O) groups is 2. The zero-order valence-electron chi connectivity index (χ0n) is 19.2. The average molecular weight is 437 g/mol. The predicted molar refractivity (Wildman–Crippen MR) is 127 cm³/mol. The molecule has 3 aliphatic carbocycles. The van der Waals surface area contributed by atoms with Crippen molar-refractivity contribution in [3.63, 3.8) is 0 Å². The number of hydrogen-bond acceptors (Lipinski definition) is 3. The molecule has 3 heteroatoms. The molecule has 0 bridgehead atoms. The van der Waals surface area contributed by atoms with E-state index in [0.29, 0.717) is 0 Å². The van der Waals surface area contributed by atoms with Gasteiger partial charge in [-0.3, -0.25) is 9.59 Å². The fourth-order valence-corrected chi connectivity index (χ4v) is 7.44. The first kappa shape index (κ1) is 20.4. The van der Waals surface area contributed by atoms with Crippen LogP contribution in [0.25, 0.3) is 0 Å². The third-order valence-electron chi connectivity index (χ3n) is 9.10. The van der Waals surface area contributed by atoms with E-state index in [9.17, 15) is 9.59 Å². The van der Waals surface area contributed by atoms with E-state index < -0.39 is 16.2 Å². The Balaban J connectivity index is 1.49. The third kappa shape index (κ3) is 2.30. The molecule has 166 valence electrons. The van der Waals surface area contributed by atoms with Crippen LogP contribution in [0.5, 0.6) is 5.75 Å². The molecule has 0 saturated heterocycles. The third-order valence-corrected chi connectivity index (χ3v) is 9.10. The van der Waals surface area contributed by atoms with E-state index >= 15 is 0 Å². The highest BCUT2D eigenvalue weighted by Crippen LogP contribution is 2.81. The van der Waals surface area contributed by atoms with Crippen LogP contribution in [0.3, 0.4) is 0 Å². The monoisotopic (exact) mass is 436 g/mol. The van der Waals surface area contributed by atoms with Crippen molar-refractivity contribution < 1.29 is 14.3 Å². The van der Waals surface area contributed by atoms with Crippen LogP contribution in [0.2, 0.25) is 0 Å². The van der Waals surface area contributed by atoms with Gasteiger partial charge in [0.05, 0.1) is 12.5 Å². The molecular formula is C30H28O3. The van der Waals surface area contributed by atoms with E-state index in [-0.39, 0.29) is 29.3 Å². The van der Waals surface area contributed by atoms with E-state index in [2.05, 4.69) is 24.3 Å². The Morgan fingerprint density at radius 2 is 1.30 bits per heavy atom. The minimum Gasteiger partial charge on any atom is -0.497 e. The van der Waals surface area contributed by atoms with Crippen LogP contribution in [-0.4, -0.2) is 18.7 Å². The first-order valence-corrected chi connectivity index (χ1v) is 11.7. The van der Waals surface area contributed by atoms with Gasteiger partial charge in [-0.1, -0.05) is 86.6 Å². The number of carbonyl (C=O) groups excluding carboxylic acids is 2. The molecule has 0 aromatic heterocycles. The number of fused-ring (bicyclic) bond motifs is 2. The summed E-state index contributed by atoms with van der Waals surface area (Å²) in [6, 6.07) is 28.4. The van der Waals surface area contributed by atoms with E-state index in [0.717, 1.165) is 28.9 Å². The molecule has 33 heavy (non-hydrogen) atoms. The Kier molecular flexibility index (Phi) is 4.12. The maximum atomic E-state index is 14.4. The molecule has 0 N–H and O–H groups in total. The Morgan fingerprint density at radius 1 is 0.758 bits per heavy atom. The van der Waals surface area contributed by atoms with Crippen LogP contribution in [0.4, 0.5) is 0 Å². The van der Waals surface area contributed by atoms with Crippen molar-refractivity contribution in [2.24, 2.45) is 22.7 Å². The fourth-order valence-electron chi connectivity index (χ4n) is 7.44. The first-order chi connectivity index (χ1) is 15.9. The van der Waals surface area contributed by atoms with Gasteiger partial charge in [-0.15, -0.1) is 0 Å². The maximum Gasteiger partial charge on any atom is 0.145 e. The number of ether oxygens (including phenoxy) is 1. The summed E-state index contributed by atoms with van der Waals surface area (Å²) in [6.07, 6.45) is 0.723. The molecule has 3 nitrogen and oxygen atoms in total. The Labute approximate surface area is 194 Å². The summed E-state index contributed by atoms with van der Waals surface area (Å²) in [7, 11) is 1.65. The second-order valence-corrected chi connectivity index (χ2v) is 10.4. The van der Waals surface area contributed by atoms with Crippen molar-refractivity contribution in [2.45, 2.75) is 31.6 Å². The van der Waals surface area contributed by atoms with Crippen LogP contribution in [0.15, 0.2) is 84.9 Å². The summed E-state index contributed by atoms with van der Waals surface area (Å²) in [4.78, 5) is 28.6. The lowest BCUT2D eigenvalue weighted by Gasteiger charge is -2.55. The van der Waals surface area contributed by atoms with Crippen LogP contribution in [0, 0.1) is 22.7 Å². The largest absolute Gasteiger partial charge is 0.497 e. The Bertz CT molecular complexity index is 1210. The first-order valence-electron chi connectivity index (χ1n) is 11.7. The van der Waals surface area contributed by atoms with Crippen molar-refractivity contribution in [1.29, 1.82) is 0 Å². The lowest BCUT2D eigenvalue weighted by atomic mass is 9.46. The topological polar surface area (TPSA) is 43.4 Å². The van der Waals surface area contributed by atoms with E-state index in [1.807, 2.05) is 74.5 Å². The normalized spacial score (nSPS) is 33.5. The second-order valence-electron chi connectivity index (χ2n) is 10.4. The minimum absolute atomic E-state index is 0.0694.